The van der Waals surface area contributed by atoms with Crippen molar-refractivity contribution in [3.63, 3.8) is 0 Å². The molecule has 0 spiro atoms. The number of hydrogen-bond donors (Lipinski definition) is 1. The Morgan fingerprint density at radius 3 is 2.74 bits per heavy atom. The van der Waals surface area contributed by atoms with Crippen LogP contribution in [0.1, 0.15) is 19.3 Å². The van der Waals surface area contributed by atoms with Gasteiger partial charge in [0, 0.05) is 5.56 Å². The predicted octanol–water partition coefficient (Wildman–Crippen LogP) is 2.52. The number of hydrogen-bond acceptors (Lipinski definition) is 5. The van der Waals surface area contributed by atoms with Crippen molar-refractivity contribution in [2.45, 2.75) is 37.5 Å². The Morgan fingerprint density at radius 2 is 1.96 bits per heavy atom. The van der Waals surface area contributed by atoms with Crippen LogP contribution >= 0.6 is 0 Å². The first-order valence-electron chi connectivity index (χ1n) is 8.07. The van der Waals surface area contributed by atoms with Gasteiger partial charge in [-0.3, -0.25) is 0 Å². The molecule has 0 saturated carbocycles. The highest BCUT2D eigenvalue weighted by Crippen LogP contribution is 2.35. The van der Waals surface area contributed by atoms with Crippen molar-refractivity contribution in [2.24, 2.45) is 0 Å². The predicted molar refractivity (Wildman–Crippen MR) is 86.1 cm³/mol. The first kappa shape index (κ1) is 13.0. The zero-order chi connectivity index (χ0) is 15.2. The first-order chi connectivity index (χ1) is 11.4. The lowest BCUT2D eigenvalue weighted by Crippen LogP contribution is -2.31. The van der Waals surface area contributed by atoms with E-state index in [0.717, 1.165) is 35.7 Å². The molecule has 2 bridgehead atoms. The number of nitrogens with one attached hydrogen (secondary N) is 1. The van der Waals surface area contributed by atoms with Crippen LogP contribution in [0.15, 0.2) is 42.5 Å². The van der Waals surface area contributed by atoms with Gasteiger partial charge in [-0.1, -0.05) is 30.3 Å². The maximum atomic E-state index is 5.90. The van der Waals surface area contributed by atoms with E-state index in [-0.39, 0.29) is 0 Å². The monoisotopic (exact) mass is 307 g/mol. The van der Waals surface area contributed by atoms with Gasteiger partial charge in [-0.25, -0.2) is 0 Å². The van der Waals surface area contributed by atoms with Crippen LogP contribution in [0.4, 0.5) is 5.82 Å². The van der Waals surface area contributed by atoms with E-state index in [1.165, 1.54) is 6.42 Å². The molecule has 23 heavy (non-hydrogen) atoms. The molecular formula is C17H17N5O. The average Bonchev–Trinajstić information content (AvgIpc) is 3.30. The number of aromatic nitrogens is 4. The Hall–Kier alpha value is -2.47. The second-order valence-electron chi connectivity index (χ2n) is 6.24. The molecule has 6 nitrogen and oxygen atoms in total. The second kappa shape index (κ2) is 5.03. The molecule has 2 aliphatic heterocycles. The molecule has 5 rings (SSSR count). The Labute approximate surface area is 133 Å². The highest BCUT2D eigenvalue weighted by molar-refractivity contribution is 5.59. The standard InChI is InChI=1S/C17H17N5O/c1-2-4-11(5-3-1)17-20-19-16-9-8-15(21-22(16)17)18-13-10-12-6-7-14(13)23-12/h1-5,8-9,12-14H,6-7,10H2,(H,18,21)/t12-,13-,14-/m1/s1. The van der Waals surface area contributed by atoms with E-state index in [9.17, 15) is 0 Å². The molecule has 0 aliphatic carbocycles. The highest BCUT2D eigenvalue weighted by Gasteiger charge is 2.40. The Kier molecular flexibility index (Phi) is 2.84. The molecule has 2 saturated heterocycles. The molecule has 3 atom stereocenters. The van der Waals surface area contributed by atoms with E-state index in [2.05, 4.69) is 20.6 Å². The summed E-state index contributed by atoms with van der Waals surface area (Å²) in [5.74, 6) is 1.60. The fraction of sp³-hybridized carbons (Fsp3) is 0.353. The van der Waals surface area contributed by atoms with E-state index >= 15 is 0 Å². The molecule has 4 heterocycles. The number of fused-ring (bicyclic) bond motifs is 3. The van der Waals surface area contributed by atoms with Gasteiger partial charge in [-0.2, -0.15) is 4.52 Å². The van der Waals surface area contributed by atoms with E-state index in [1.54, 1.807) is 4.52 Å². The third-order valence-electron chi connectivity index (χ3n) is 4.73. The molecule has 1 aromatic carbocycles. The fourth-order valence-electron chi connectivity index (χ4n) is 3.61. The summed E-state index contributed by atoms with van der Waals surface area (Å²) < 4.78 is 7.70. The lowest BCUT2D eigenvalue weighted by Gasteiger charge is -2.20. The van der Waals surface area contributed by atoms with Gasteiger partial charge in [-0.05, 0) is 31.4 Å². The topological polar surface area (TPSA) is 64.3 Å². The average molecular weight is 307 g/mol. The van der Waals surface area contributed by atoms with Crippen molar-refractivity contribution in [3.05, 3.63) is 42.5 Å². The summed E-state index contributed by atoms with van der Waals surface area (Å²) in [5.41, 5.74) is 1.76. The van der Waals surface area contributed by atoms with Gasteiger partial charge in [0.15, 0.2) is 11.5 Å². The molecule has 0 radical (unpaired) electrons. The molecular weight excluding hydrogens is 290 g/mol. The minimum Gasteiger partial charge on any atom is -0.373 e. The third-order valence-corrected chi connectivity index (χ3v) is 4.73. The van der Waals surface area contributed by atoms with Crippen molar-refractivity contribution in [2.75, 3.05) is 5.32 Å². The van der Waals surface area contributed by atoms with Crippen molar-refractivity contribution in [1.82, 2.24) is 19.8 Å². The summed E-state index contributed by atoms with van der Waals surface area (Å²) in [6, 6.07) is 14.3. The van der Waals surface area contributed by atoms with Gasteiger partial charge in [0.2, 0.25) is 0 Å². The smallest absolute Gasteiger partial charge is 0.185 e. The number of rotatable bonds is 3. The van der Waals surface area contributed by atoms with Gasteiger partial charge >= 0.3 is 0 Å². The summed E-state index contributed by atoms with van der Waals surface area (Å²) in [4.78, 5) is 0. The van der Waals surface area contributed by atoms with Gasteiger partial charge in [0.1, 0.15) is 5.82 Å². The van der Waals surface area contributed by atoms with Crippen molar-refractivity contribution < 1.29 is 4.74 Å². The van der Waals surface area contributed by atoms with Crippen molar-refractivity contribution in [1.29, 1.82) is 0 Å². The molecule has 2 aromatic heterocycles. The Morgan fingerprint density at radius 1 is 1.04 bits per heavy atom. The molecule has 6 heteroatoms. The zero-order valence-corrected chi connectivity index (χ0v) is 12.6. The maximum absolute atomic E-state index is 5.90. The molecule has 3 aromatic rings. The summed E-state index contributed by atoms with van der Waals surface area (Å²) in [7, 11) is 0. The lowest BCUT2D eigenvalue weighted by atomic mass is 9.95. The molecule has 2 fully saturated rings. The van der Waals surface area contributed by atoms with Crippen LogP contribution < -0.4 is 5.32 Å². The number of nitrogens with zero attached hydrogens (tertiary/aromatic N) is 4. The minimum atomic E-state index is 0.326. The largest absolute Gasteiger partial charge is 0.373 e. The maximum Gasteiger partial charge on any atom is 0.185 e. The normalized spacial score (nSPS) is 26.0. The zero-order valence-electron chi connectivity index (χ0n) is 12.6. The highest BCUT2D eigenvalue weighted by atomic mass is 16.5. The van der Waals surface area contributed by atoms with Crippen LogP contribution in [0.2, 0.25) is 0 Å². The van der Waals surface area contributed by atoms with Crippen molar-refractivity contribution >= 4 is 11.5 Å². The SMILES string of the molecule is c1ccc(-c2nnc3ccc(N[C@@H]4C[C@H]5CC[C@H]4O5)nn23)cc1. The summed E-state index contributed by atoms with van der Waals surface area (Å²) >= 11 is 0. The van der Waals surface area contributed by atoms with E-state index in [0.29, 0.717) is 18.2 Å². The van der Waals surface area contributed by atoms with E-state index < -0.39 is 0 Å². The van der Waals surface area contributed by atoms with Crippen LogP contribution in [0, 0.1) is 0 Å². The number of ether oxygens (including phenoxy) is 1. The second-order valence-corrected chi connectivity index (χ2v) is 6.24. The van der Waals surface area contributed by atoms with Crippen LogP contribution in [0.5, 0.6) is 0 Å². The van der Waals surface area contributed by atoms with Crippen LogP contribution in [-0.2, 0) is 4.74 Å². The summed E-state index contributed by atoms with van der Waals surface area (Å²) in [6.07, 6.45) is 4.16. The Bertz CT molecular complexity index is 847. The first-order valence-corrected chi connectivity index (χ1v) is 8.07. The van der Waals surface area contributed by atoms with Gasteiger partial charge < -0.3 is 10.1 Å². The van der Waals surface area contributed by atoms with Gasteiger partial charge in [-0.15, -0.1) is 15.3 Å². The van der Waals surface area contributed by atoms with Crippen molar-refractivity contribution in [3.8, 4) is 11.4 Å². The molecule has 0 unspecified atom stereocenters. The minimum absolute atomic E-state index is 0.326. The lowest BCUT2D eigenvalue weighted by molar-refractivity contribution is 0.102. The van der Waals surface area contributed by atoms with E-state index in [1.807, 2.05) is 42.5 Å². The summed E-state index contributed by atoms with van der Waals surface area (Å²) in [5, 5.41) is 16.7. The Balaban J connectivity index is 1.49. The van der Waals surface area contributed by atoms with Crippen LogP contribution in [0.3, 0.4) is 0 Å². The van der Waals surface area contributed by atoms with Crippen LogP contribution in [0.25, 0.3) is 17.0 Å². The molecule has 0 amide bonds. The van der Waals surface area contributed by atoms with Crippen LogP contribution in [-0.4, -0.2) is 38.1 Å². The number of benzene rings is 1. The van der Waals surface area contributed by atoms with Gasteiger partial charge in [0.05, 0.1) is 18.2 Å². The quantitative estimate of drug-likeness (QED) is 0.805. The fourth-order valence-corrected chi connectivity index (χ4v) is 3.61. The van der Waals surface area contributed by atoms with Gasteiger partial charge in [0.25, 0.3) is 0 Å². The third kappa shape index (κ3) is 2.17. The van der Waals surface area contributed by atoms with E-state index in [4.69, 9.17) is 4.74 Å². The molecule has 116 valence electrons. The number of anilines is 1. The summed E-state index contributed by atoms with van der Waals surface area (Å²) in [6.45, 7) is 0. The molecule has 1 N–H and O–H groups in total. The molecule has 2 aliphatic rings.